The molecule has 18 heavy (non-hydrogen) atoms. The van der Waals surface area contributed by atoms with Crippen LogP contribution >= 0.6 is 11.8 Å². The first kappa shape index (κ1) is 13.7. The fourth-order valence-corrected chi connectivity index (χ4v) is 3.13. The Morgan fingerprint density at radius 3 is 2.61 bits per heavy atom. The Balaban J connectivity index is 2.32. The van der Waals surface area contributed by atoms with E-state index >= 15 is 0 Å². The molecule has 0 spiro atoms. The second-order valence-electron chi connectivity index (χ2n) is 4.46. The van der Waals surface area contributed by atoms with Crippen LogP contribution in [0.2, 0.25) is 0 Å². The van der Waals surface area contributed by atoms with Crippen molar-refractivity contribution in [2.45, 2.75) is 18.5 Å². The maximum atomic E-state index is 13.0. The second kappa shape index (κ2) is 5.09. The molecule has 1 heterocycles. The summed E-state index contributed by atoms with van der Waals surface area (Å²) in [7, 11) is 0. The minimum absolute atomic E-state index is 0.112. The Hall–Kier alpha value is -0.750. The molecule has 1 saturated heterocycles. The molecule has 100 valence electrons. The number of rotatable bonds is 1. The molecule has 2 atom stereocenters. The van der Waals surface area contributed by atoms with E-state index in [1.807, 2.05) is 6.92 Å². The van der Waals surface area contributed by atoms with E-state index in [2.05, 4.69) is 5.32 Å². The third-order valence-electron chi connectivity index (χ3n) is 2.80. The van der Waals surface area contributed by atoms with Crippen molar-refractivity contribution in [2.75, 3.05) is 12.3 Å². The van der Waals surface area contributed by atoms with E-state index in [1.54, 1.807) is 0 Å². The van der Waals surface area contributed by atoms with Gasteiger partial charge in [-0.25, -0.2) is 4.39 Å². The first-order valence-electron chi connectivity index (χ1n) is 5.59. The molecule has 0 saturated carbocycles. The molecule has 1 aromatic rings. The van der Waals surface area contributed by atoms with Gasteiger partial charge in [0.15, 0.2) is 0 Å². The quantitative estimate of drug-likeness (QED) is 0.784. The van der Waals surface area contributed by atoms with Crippen LogP contribution < -0.4 is 5.32 Å². The summed E-state index contributed by atoms with van der Waals surface area (Å²) in [6.07, 6.45) is -4.53. The summed E-state index contributed by atoms with van der Waals surface area (Å²) in [4.78, 5) is 0. The average molecular weight is 279 g/mol. The summed E-state index contributed by atoms with van der Waals surface area (Å²) in [5.74, 6) is 0.369. The van der Waals surface area contributed by atoms with Gasteiger partial charge in [0.2, 0.25) is 0 Å². The lowest BCUT2D eigenvalue weighted by atomic mass is 10.1. The highest BCUT2D eigenvalue weighted by Crippen LogP contribution is 2.40. The number of hydrogen-bond donors (Lipinski definition) is 1. The zero-order valence-corrected chi connectivity index (χ0v) is 10.5. The van der Waals surface area contributed by atoms with Crippen molar-refractivity contribution in [1.82, 2.24) is 5.32 Å². The Bertz CT molecular complexity index is 425. The van der Waals surface area contributed by atoms with Crippen molar-refractivity contribution in [1.29, 1.82) is 0 Å². The van der Waals surface area contributed by atoms with E-state index in [9.17, 15) is 17.6 Å². The summed E-state index contributed by atoms with van der Waals surface area (Å²) >= 11 is 1.43. The smallest absolute Gasteiger partial charge is 0.301 e. The number of alkyl halides is 3. The van der Waals surface area contributed by atoms with Crippen molar-refractivity contribution < 1.29 is 17.6 Å². The van der Waals surface area contributed by atoms with E-state index in [4.69, 9.17) is 0 Å². The molecule has 0 aromatic heterocycles. The minimum atomic E-state index is -4.53. The number of hydrogen-bond acceptors (Lipinski definition) is 2. The van der Waals surface area contributed by atoms with Crippen LogP contribution in [0.25, 0.3) is 0 Å². The normalized spacial score (nSPS) is 25.2. The van der Waals surface area contributed by atoms with E-state index < -0.39 is 22.9 Å². The number of thioether (sulfide) groups is 1. The lowest BCUT2D eigenvalue weighted by molar-refractivity contribution is -0.138. The third kappa shape index (κ3) is 2.98. The molecule has 6 heteroatoms. The molecule has 0 bridgehead atoms. The number of halogens is 4. The zero-order valence-electron chi connectivity index (χ0n) is 9.72. The molecular formula is C12H13F4NS. The van der Waals surface area contributed by atoms with Gasteiger partial charge in [-0.1, -0.05) is 13.0 Å². The van der Waals surface area contributed by atoms with E-state index in [1.165, 1.54) is 17.8 Å². The fourth-order valence-electron chi connectivity index (χ4n) is 1.89. The lowest BCUT2D eigenvalue weighted by Gasteiger charge is -2.29. The molecule has 1 fully saturated rings. The number of benzene rings is 1. The highest BCUT2D eigenvalue weighted by atomic mass is 32.2. The van der Waals surface area contributed by atoms with Crippen molar-refractivity contribution >= 4 is 11.8 Å². The van der Waals surface area contributed by atoms with Gasteiger partial charge in [-0.15, -0.1) is 11.8 Å². The first-order valence-corrected chi connectivity index (χ1v) is 6.64. The van der Waals surface area contributed by atoms with Gasteiger partial charge in [0.25, 0.3) is 0 Å². The van der Waals surface area contributed by atoms with Gasteiger partial charge in [0.05, 0.1) is 10.9 Å². The van der Waals surface area contributed by atoms with Crippen LogP contribution in [-0.4, -0.2) is 12.3 Å². The topological polar surface area (TPSA) is 12.0 Å². The van der Waals surface area contributed by atoms with E-state index in [0.29, 0.717) is 18.5 Å². The van der Waals surface area contributed by atoms with Crippen molar-refractivity contribution in [3.63, 3.8) is 0 Å². The highest BCUT2D eigenvalue weighted by molar-refractivity contribution is 7.99. The third-order valence-corrected chi connectivity index (χ3v) is 4.32. The SMILES string of the molecule is CC1CNC(c2ccc(F)cc2C(F)(F)F)SC1. The van der Waals surface area contributed by atoms with Crippen LogP contribution in [0.4, 0.5) is 17.6 Å². The Morgan fingerprint density at radius 1 is 1.33 bits per heavy atom. The summed E-state index contributed by atoms with van der Waals surface area (Å²) in [5, 5.41) is 2.64. The maximum absolute atomic E-state index is 13.0. The molecule has 0 aliphatic carbocycles. The van der Waals surface area contributed by atoms with Gasteiger partial charge in [-0.05, 0) is 35.9 Å². The Labute approximate surface area is 107 Å². The van der Waals surface area contributed by atoms with Crippen LogP contribution in [-0.2, 0) is 6.18 Å². The van der Waals surface area contributed by atoms with Gasteiger partial charge in [-0.3, -0.25) is 0 Å². The Morgan fingerprint density at radius 2 is 2.06 bits per heavy atom. The van der Waals surface area contributed by atoms with Crippen LogP contribution in [0.3, 0.4) is 0 Å². The molecule has 1 nitrogen and oxygen atoms in total. The molecular weight excluding hydrogens is 266 g/mol. The molecule has 2 rings (SSSR count). The van der Waals surface area contributed by atoms with Crippen LogP contribution in [0.5, 0.6) is 0 Å². The van der Waals surface area contributed by atoms with E-state index in [-0.39, 0.29) is 5.56 Å². The minimum Gasteiger partial charge on any atom is -0.301 e. The first-order chi connectivity index (χ1) is 8.38. The molecule has 1 N–H and O–H groups in total. The Kier molecular flexibility index (Phi) is 3.87. The molecule has 0 radical (unpaired) electrons. The second-order valence-corrected chi connectivity index (χ2v) is 5.59. The predicted octanol–water partition coefficient (Wildman–Crippen LogP) is 3.82. The molecule has 1 aliphatic heterocycles. The number of nitrogens with one attached hydrogen (secondary N) is 1. The largest absolute Gasteiger partial charge is 0.416 e. The summed E-state index contributed by atoms with van der Waals surface area (Å²) < 4.78 is 51.5. The summed E-state index contributed by atoms with van der Waals surface area (Å²) in [6.45, 7) is 2.71. The summed E-state index contributed by atoms with van der Waals surface area (Å²) in [5.41, 5.74) is -0.775. The molecule has 0 amide bonds. The molecule has 2 unspecified atom stereocenters. The van der Waals surface area contributed by atoms with Crippen molar-refractivity contribution in [2.24, 2.45) is 5.92 Å². The summed E-state index contributed by atoms with van der Waals surface area (Å²) in [6, 6.07) is 2.86. The molecule has 1 aliphatic rings. The van der Waals surface area contributed by atoms with Gasteiger partial charge in [0.1, 0.15) is 5.82 Å². The van der Waals surface area contributed by atoms with Gasteiger partial charge < -0.3 is 5.32 Å². The van der Waals surface area contributed by atoms with Crippen molar-refractivity contribution in [3.05, 3.63) is 35.1 Å². The van der Waals surface area contributed by atoms with Crippen molar-refractivity contribution in [3.8, 4) is 0 Å². The standard InChI is InChI=1S/C12H13F4NS/c1-7-5-17-11(18-6-7)9-3-2-8(13)4-10(9)12(14,15)16/h2-4,7,11,17H,5-6H2,1H3. The molecule has 1 aromatic carbocycles. The maximum Gasteiger partial charge on any atom is 0.416 e. The highest BCUT2D eigenvalue weighted by Gasteiger charge is 2.36. The monoisotopic (exact) mass is 279 g/mol. The average Bonchev–Trinajstić information content (AvgIpc) is 2.29. The lowest BCUT2D eigenvalue weighted by Crippen LogP contribution is -2.32. The zero-order chi connectivity index (χ0) is 13.3. The van der Waals surface area contributed by atoms with Crippen LogP contribution in [0, 0.1) is 11.7 Å². The van der Waals surface area contributed by atoms with E-state index in [0.717, 1.165) is 11.8 Å². The van der Waals surface area contributed by atoms with Gasteiger partial charge in [0, 0.05) is 0 Å². The van der Waals surface area contributed by atoms with Crippen LogP contribution in [0.1, 0.15) is 23.4 Å². The van der Waals surface area contributed by atoms with Gasteiger partial charge >= 0.3 is 6.18 Å². The predicted molar refractivity (Wildman–Crippen MR) is 63.8 cm³/mol. The van der Waals surface area contributed by atoms with Crippen LogP contribution in [0.15, 0.2) is 18.2 Å². The fraction of sp³-hybridized carbons (Fsp3) is 0.500. The van der Waals surface area contributed by atoms with Gasteiger partial charge in [-0.2, -0.15) is 13.2 Å².